The van der Waals surface area contributed by atoms with Crippen LogP contribution < -0.4 is 10.9 Å². The van der Waals surface area contributed by atoms with E-state index in [-0.39, 0.29) is 5.75 Å². The number of hydrogen-bond donors (Lipinski definition) is 3. The lowest BCUT2D eigenvalue weighted by molar-refractivity contribution is 0.457. The molecule has 0 radical (unpaired) electrons. The molecule has 0 unspecified atom stereocenters. The van der Waals surface area contributed by atoms with Gasteiger partial charge in [0.1, 0.15) is 11.5 Å². The van der Waals surface area contributed by atoms with E-state index < -0.39 is 0 Å². The zero-order valence-corrected chi connectivity index (χ0v) is 18.8. The van der Waals surface area contributed by atoms with E-state index in [1.54, 1.807) is 24.3 Å². The molecule has 0 aromatic heterocycles. The third-order valence-electron chi connectivity index (χ3n) is 4.17. The zero-order valence-electron chi connectivity index (χ0n) is 17.2. The van der Waals surface area contributed by atoms with Crippen LogP contribution in [-0.4, -0.2) is 62.7 Å². The zero-order chi connectivity index (χ0) is 21.1. The molecule has 1 aromatic carbocycles. The largest absolute Gasteiger partial charge is 0.508 e. The summed E-state index contributed by atoms with van der Waals surface area (Å²) in [5.41, 5.74) is 7.90. The van der Waals surface area contributed by atoms with Crippen LogP contribution in [0, 0.1) is 0 Å². The van der Waals surface area contributed by atoms with Gasteiger partial charge in [0.15, 0.2) is 10.2 Å². The molecule has 0 spiro atoms. The topological polar surface area (TPSA) is 75.5 Å². The highest BCUT2D eigenvalue weighted by Crippen LogP contribution is 2.11. The molecule has 0 aliphatic heterocycles. The molecule has 154 valence electrons. The Balaban J connectivity index is 3.11. The van der Waals surface area contributed by atoms with Crippen molar-refractivity contribution < 1.29 is 5.11 Å². The van der Waals surface area contributed by atoms with Crippen LogP contribution >= 0.6 is 24.4 Å². The van der Waals surface area contributed by atoms with Crippen molar-refractivity contribution in [2.45, 2.75) is 34.6 Å². The molecule has 0 aliphatic carbocycles. The van der Waals surface area contributed by atoms with Gasteiger partial charge in [-0.25, -0.2) is 0 Å². The molecule has 3 N–H and O–H groups in total. The van der Waals surface area contributed by atoms with E-state index >= 15 is 0 Å². The standard InChI is InChI=1S/C19H30N6OS2/c1-6-24(7-2)18(27)22-20-14(5)17(15-10-12-16(26)13-11-15)21-23-19(28)25(8-3)9-4/h10-13,26H,6-9H2,1-5H3,(H,22,27)(H,23,28)/b20-14+,21-17-. The minimum absolute atomic E-state index is 0.185. The summed E-state index contributed by atoms with van der Waals surface area (Å²) in [7, 11) is 0. The fourth-order valence-corrected chi connectivity index (χ4v) is 3.03. The van der Waals surface area contributed by atoms with Crippen molar-refractivity contribution in [3.8, 4) is 5.75 Å². The number of benzene rings is 1. The van der Waals surface area contributed by atoms with Crippen LogP contribution in [0.15, 0.2) is 34.5 Å². The summed E-state index contributed by atoms with van der Waals surface area (Å²) in [6, 6.07) is 6.76. The number of phenols is 1. The van der Waals surface area contributed by atoms with Gasteiger partial charge in [-0.1, -0.05) is 0 Å². The quantitative estimate of drug-likeness (QED) is 0.338. The van der Waals surface area contributed by atoms with Crippen LogP contribution in [-0.2, 0) is 0 Å². The second kappa shape index (κ2) is 12.2. The first-order chi connectivity index (χ1) is 13.4. The van der Waals surface area contributed by atoms with Gasteiger partial charge in [-0.2, -0.15) is 10.2 Å². The van der Waals surface area contributed by atoms with E-state index in [2.05, 4.69) is 21.1 Å². The summed E-state index contributed by atoms with van der Waals surface area (Å²) in [5, 5.41) is 19.5. The number of nitrogens with one attached hydrogen (secondary N) is 2. The van der Waals surface area contributed by atoms with Crippen LogP contribution in [0.1, 0.15) is 40.2 Å². The lowest BCUT2D eigenvalue weighted by Crippen LogP contribution is -2.39. The van der Waals surface area contributed by atoms with Gasteiger partial charge >= 0.3 is 0 Å². The van der Waals surface area contributed by atoms with Crippen LogP contribution in [0.25, 0.3) is 0 Å². The maximum absolute atomic E-state index is 9.58. The molecule has 1 rings (SSSR count). The molecule has 1 aromatic rings. The third-order valence-corrected chi connectivity index (χ3v) is 4.87. The molecule has 28 heavy (non-hydrogen) atoms. The maximum Gasteiger partial charge on any atom is 0.189 e. The van der Waals surface area contributed by atoms with Gasteiger partial charge in [0.2, 0.25) is 0 Å². The fraction of sp³-hybridized carbons (Fsp3) is 0.474. The maximum atomic E-state index is 9.58. The number of hydrazone groups is 2. The predicted octanol–water partition coefficient (Wildman–Crippen LogP) is 2.90. The van der Waals surface area contributed by atoms with Crippen LogP contribution in [0.5, 0.6) is 5.75 Å². The molecule has 0 aliphatic rings. The Bertz CT molecular complexity index is 710. The highest BCUT2D eigenvalue weighted by atomic mass is 32.1. The Morgan fingerprint density at radius 1 is 0.857 bits per heavy atom. The lowest BCUT2D eigenvalue weighted by Gasteiger charge is -2.21. The Kier molecular flexibility index (Phi) is 10.4. The minimum atomic E-state index is 0.185. The summed E-state index contributed by atoms with van der Waals surface area (Å²) in [4.78, 5) is 3.99. The van der Waals surface area contributed by atoms with Gasteiger partial charge < -0.3 is 14.9 Å². The average molecular weight is 423 g/mol. The van der Waals surface area contributed by atoms with Crippen LogP contribution in [0.4, 0.5) is 0 Å². The van der Waals surface area contributed by atoms with Crippen molar-refractivity contribution in [1.82, 2.24) is 20.7 Å². The second-order valence-corrected chi connectivity index (χ2v) is 6.66. The minimum Gasteiger partial charge on any atom is -0.508 e. The number of thiocarbonyl (C=S) groups is 2. The Labute approximate surface area is 178 Å². The number of nitrogens with zero attached hydrogens (tertiary/aromatic N) is 4. The van der Waals surface area contributed by atoms with Gasteiger partial charge in [0.05, 0.1) is 5.71 Å². The molecule has 0 fully saturated rings. The van der Waals surface area contributed by atoms with Gasteiger partial charge in [0.25, 0.3) is 0 Å². The smallest absolute Gasteiger partial charge is 0.189 e. The molecule has 0 saturated carbocycles. The molecule has 0 heterocycles. The molecule has 7 nitrogen and oxygen atoms in total. The van der Waals surface area contributed by atoms with Gasteiger partial charge in [-0.05, 0) is 83.3 Å². The predicted molar refractivity (Wildman–Crippen MR) is 125 cm³/mol. The van der Waals surface area contributed by atoms with Crippen molar-refractivity contribution in [2.24, 2.45) is 10.2 Å². The van der Waals surface area contributed by atoms with E-state index in [1.165, 1.54) is 0 Å². The highest BCUT2D eigenvalue weighted by Gasteiger charge is 2.11. The SMILES string of the molecule is CCN(CC)C(=S)N/N=C(C)/C(=N/NC(=S)N(CC)CC)c1ccc(O)cc1. The molecule has 0 amide bonds. The third kappa shape index (κ3) is 7.05. The molecule has 0 atom stereocenters. The van der Waals surface area contributed by atoms with Crippen molar-refractivity contribution in [2.75, 3.05) is 26.2 Å². The Morgan fingerprint density at radius 3 is 1.71 bits per heavy atom. The monoisotopic (exact) mass is 422 g/mol. The summed E-state index contributed by atoms with van der Waals surface area (Å²) in [6.07, 6.45) is 0. The summed E-state index contributed by atoms with van der Waals surface area (Å²) >= 11 is 10.8. The normalized spacial score (nSPS) is 11.8. The first-order valence-electron chi connectivity index (χ1n) is 9.39. The number of phenolic OH excluding ortho intramolecular Hbond substituents is 1. The molecule has 0 saturated heterocycles. The summed E-state index contributed by atoms with van der Waals surface area (Å²) in [6.45, 7) is 13.2. The van der Waals surface area contributed by atoms with E-state index in [0.29, 0.717) is 21.6 Å². The van der Waals surface area contributed by atoms with Gasteiger partial charge in [0, 0.05) is 31.7 Å². The molecular weight excluding hydrogens is 392 g/mol. The lowest BCUT2D eigenvalue weighted by atomic mass is 10.1. The first-order valence-corrected chi connectivity index (χ1v) is 10.2. The van der Waals surface area contributed by atoms with Crippen molar-refractivity contribution >= 4 is 46.1 Å². The van der Waals surface area contributed by atoms with Crippen LogP contribution in [0.2, 0.25) is 0 Å². The molecule has 0 bridgehead atoms. The van der Waals surface area contributed by atoms with Crippen molar-refractivity contribution in [3.05, 3.63) is 29.8 Å². The van der Waals surface area contributed by atoms with Crippen molar-refractivity contribution in [3.63, 3.8) is 0 Å². The van der Waals surface area contributed by atoms with Gasteiger partial charge in [-0.15, -0.1) is 0 Å². The average Bonchev–Trinajstić information content (AvgIpc) is 2.69. The highest BCUT2D eigenvalue weighted by molar-refractivity contribution is 7.80. The van der Waals surface area contributed by atoms with Crippen LogP contribution in [0.3, 0.4) is 0 Å². The van der Waals surface area contributed by atoms with E-state index in [0.717, 1.165) is 31.7 Å². The number of hydrogen-bond acceptors (Lipinski definition) is 5. The molecular formula is C19H30N6OS2. The van der Waals surface area contributed by atoms with Gasteiger partial charge in [-0.3, -0.25) is 10.9 Å². The van der Waals surface area contributed by atoms with E-state index in [1.807, 2.05) is 44.4 Å². The molecule has 9 heteroatoms. The Hall–Kier alpha value is -2.26. The summed E-state index contributed by atoms with van der Waals surface area (Å²) < 4.78 is 0. The number of aromatic hydroxyl groups is 1. The summed E-state index contributed by atoms with van der Waals surface area (Å²) in [5.74, 6) is 0.185. The van der Waals surface area contributed by atoms with E-state index in [9.17, 15) is 5.11 Å². The number of rotatable bonds is 8. The fourth-order valence-electron chi connectivity index (χ4n) is 2.43. The van der Waals surface area contributed by atoms with Crippen molar-refractivity contribution in [1.29, 1.82) is 0 Å². The second-order valence-electron chi connectivity index (χ2n) is 5.88. The van der Waals surface area contributed by atoms with E-state index in [4.69, 9.17) is 24.4 Å². The first kappa shape index (κ1) is 23.8. The Morgan fingerprint density at radius 2 is 1.29 bits per heavy atom.